The van der Waals surface area contributed by atoms with Crippen LogP contribution in [0.15, 0.2) is 22.9 Å². The first-order valence-corrected chi connectivity index (χ1v) is 6.89. The van der Waals surface area contributed by atoms with Crippen molar-refractivity contribution >= 4 is 5.91 Å². The van der Waals surface area contributed by atoms with E-state index in [1.807, 2.05) is 19.9 Å². The minimum Gasteiger partial charge on any atom is -0.338 e. The predicted octanol–water partition coefficient (Wildman–Crippen LogP) is 2.56. The lowest BCUT2D eigenvalue weighted by atomic mass is 10.0. The van der Waals surface area contributed by atoms with E-state index < -0.39 is 5.54 Å². The maximum Gasteiger partial charge on any atom is 0.253 e. The number of hydrogen-bond acceptors (Lipinski definition) is 5. The maximum atomic E-state index is 12.3. The quantitative estimate of drug-likeness (QED) is 0.935. The number of nitrogens with zero attached hydrogens (tertiary/aromatic N) is 3. The van der Waals surface area contributed by atoms with Crippen LogP contribution in [0, 0.1) is 6.92 Å². The first kappa shape index (κ1) is 15.2. The highest BCUT2D eigenvalue weighted by Gasteiger charge is 2.29. The Balaban J connectivity index is 2.13. The molecule has 0 bridgehead atoms. The van der Waals surface area contributed by atoms with Gasteiger partial charge < -0.3 is 9.84 Å². The Morgan fingerprint density at radius 1 is 1.33 bits per heavy atom. The smallest absolute Gasteiger partial charge is 0.253 e. The molecule has 21 heavy (non-hydrogen) atoms. The number of rotatable bonds is 4. The van der Waals surface area contributed by atoms with E-state index in [1.165, 1.54) is 0 Å². The second-order valence-corrected chi connectivity index (χ2v) is 5.85. The minimum absolute atomic E-state index is 0.223. The Hall–Kier alpha value is -2.24. The van der Waals surface area contributed by atoms with Crippen LogP contribution in [0.2, 0.25) is 0 Å². The SMILES string of the molecule is Cc1noc(C(C)(C)NC(=O)c2ccc(C(C)C)nc2)n1. The van der Waals surface area contributed by atoms with Crippen LogP contribution in [-0.2, 0) is 5.54 Å². The van der Waals surface area contributed by atoms with Crippen LogP contribution in [0.5, 0.6) is 0 Å². The molecule has 2 aromatic rings. The summed E-state index contributed by atoms with van der Waals surface area (Å²) in [5, 5.41) is 6.62. The van der Waals surface area contributed by atoms with Gasteiger partial charge in [0.05, 0.1) is 5.56 Å². The Morgan fingerprint density at radius 2 is 2.05 bits per heavy atom. The van der Waals surface area contributed by atoms with Gasteiger partial charge in [0.1, 0.15) is 5.54 Å². The lowest BCUT2D eigenvalue weighted by molar-refractivity contribution is 0.0894. The van der Waals surface area contributed by atoms with Crippen LogP contribution >= 0.6 is 0 Å². The Morgan fingerprint density at radius 3 is 2.52 bits per heavy atom. The number of aromatic nitrogens is 3. The van der Waals surface area contributed by atoms with Crippen molar-refractivity contribution in [1.29, 1.82) is 0 Å². The van der Waals surface area contributed by atoms with Gasteiger partial charge in [0.25, 0.3) is 11.8 Å². The van der Waals surface area contributed by atoms with Crippen LogP contribution in [-0.4, -0.2) is 21.0 Å². The monoisotopic (exact) mass is 288 g/mol. The summed E-state index contributed by atoms with van der Waals surface area (Å²) in [5.41, 5.74) is 0.719. The average molecular weight is 288 g/mol. The van der Waals surface area contributed by atoms with Crippen molar-refractivity contribution in [3.63, 3.8) is 0 Å². The Labute approximate surface area is 124 Å². The molecule has 0 unspecified atom stereocenters. The van der Waals surface area contributed by atoms with E-state index in [-0.39, 0.29) is 5.91 Å². The summed E-state index contributed by atoms with van der Waals surface area (Å²) < 4.78 is 5.12. The molecule has 1 N–H and O–H groups in total. The fraction of sp³-hybridized carbons (Fsp3) is 0.467. The molecule has 0 saturated carbocycles. The number of carbonyl (C=O) groups is 1. The highest BCUT2D eigenvalue weighted by atomic mass is 16.5. The summed E-state index contributed by atoms with van der Waals surface area (Å²) in [6.07, 6.45) is 1.58. The third kappa shape index (κ3) is 3.45. The second-order valence-electron chi connectivity index (χ2n) is 5.85. The van der Waals surface area contributed by atoms with E-state index in [2.05, 4.69) is 34.3 Å². The zero-order chi connectivity index (χ0) is 15.6. The molecule has 1 amide bonds. The normalized spacial score (nSPS) is 11.7. The van der Waals surface area contributed by atoms with Gasteiger partial charge in [0.2, 0.25) is 0 Å². The second kappa shape index (κ2) is 5.63. The standard InChI is InChI=1S/C15H20N4O2/c1-9(2)12-7-6-11(8-16-12)13(20)18-15(4,5)14-17-10(3)19-21-14/h6-9H,1-5H3,(H,18,20). The van der Waals surface area contributed by atoms with Crippen LogP contribution in [0.4, 0.5) is 0 Å². The minimum atomic E-state index is -0.741. The van der Waals surface area contributed by atoms with Gasteiger partial charge in [-0.3, -0.25) is 9.78 Å². The molecule has 2 rings (SSSR count). The summed E-state index contributed by atoms with van der Waals surface area (Å²) in [5.74, 6) is 1.02. The van der Waals surface area contributed by atoms with Crippen molar-refractivity contribution in [2.45, 2.75) is 46.1 Å². The van der Waals surface area contributed by atoms with Gasteiger partial charge >= 0.3 is 0 Å². The van der Waals surface area contributed by atoms with Gasteiger partial charge in [-0.05, 0) is 38.8 Å². The summed E-state index contributed by atoms with van der Waals surface area (Å²) in [6, 6.07) is 3.64. The first-order valence-electron chi connectivity index (χ1n) is 6.89. The molecule has 0 saturated heterocycles. The van der Waals surface area contributed by atoms with Gasteiger partial charge in [-0.15, -0.1) is 0 Å². The topological polar surface area (TPSA) is 80.9 Å². The van der Waals surface area contributed by atoms with Gasteiger partial charge in [-0.25, -0.2) is 0 Å². The summed E-state index contributed by atoms with van der Waals surface area (Å²) in [6.45, 7) is 9.48. The van der Waals surface area contributed by atoms with Gasteiger partial charge in [0, 0.05) is 11.9 Å². The lowest BCUT2D eigenvalue weighted by Crippen LogP contribution is -2.41. The Kier molecular flexibility index (Phi) is 4.06. The maximum absolute atomic E-state index is 12.3. The molecule has 0 spiro atoms. The molecule has 0 aliphatic heterocycles. The van der Waals surface area contributed by atoms with E-state index in [1.54, 1.807) is 19.2 Å². The van der Waals surface area contributed by atoms with Crippen molar-refractivity contribution in [1.82, 2.24) is 20.4 Å². The molecule has 6 heteroatoms. The molecule has 2 aromatic heterocycles. The van der Waals surface area contributed by atoms with Crippen molar-refractivity contribution in [3.05, 3.63) is 41.3 Å². The summed E-state index contributed by atoms with van der Waals surface area (Å²) in [7, 11) is 0. The summed E-state index contributed by atoms with van der Waals surface area (Å²) >= 11 is 0. The Bertz CT molecular complexity index is 629. The number of pyridine rings is 1. The third-order valence-electron chi connectivity index (χ3n) is 3.13. The van der Waals surface area contributed by atoms with Crippen LogP contribution in [0.3, 0.4) is 0 Å². The molecule has 2 heterocycles. The van der Waals surface area contributed by atoms with E-state index in [0.717, 1.165) is 5.69 Å². The molecule has 0 atom stereocenters. The molecule has 112 valence electrons. The first-order chi connectivity index (χ1) is 9.79. The lowest BCUT2D eigenvalue weighted by Gasteiger charge is -2.21. The van der Waals surface area contributed by atoms with Gasteiger partial charge in [-0.2, -0.15) is 4.98 Å². The summed E-state index contributed by atoms with van der Waals surface area (Å²) in [4.78, 5) is 20.7. The molecule has 0 fully saturated rings. The van der Waals surface area contributed by atoms with Gasteiger partial charge in [0.15, 0.2) is 5.82 Å². The number of nitrogens with one attached hydrogen (secondary N) is 1. The fourth-order valence-electron chi connectivity index (χ4n) is 1.84. The largest absolute Gasteiger partial charge is 0.338 e. The molecule has 0 aromatic carbocycles. The third-order valence-corrected chi connectivity index (χ3v) is 3.13. The highest BCUT2D eigenvalue weighted by molar-refractivity contribution is 5.94. The zero-order valence-electron chi connectivity index (χ0n) is 13.0. The van der Waals surface area contributed by atoms with E-state index in [4.69, 9.17) is 4.52 Å². The van der Waals surface area contributed by atoms with Crippen molar-refractivity contribution in [2.75, 3.05) is 0 Å². The van der Waals surface area contributed by atoms with Crippen molar-refractivity contribution in [2.24, 2.45) is 0 Å². The number of aryl methyl sites for hydroxylation is 1. The van der Waals surface area contributed by atoms with Crippen molar-refractivity contribution < 1.29 is 9.32 Å². The fourth-order valence-corrected chi connectivity index (χ4v) is 1.84. The number of hydrogen-bond donors (Lipinski definition) is 1. The average Bonchev–Trinajstić information content (AvgIpc) is 2.86. The molecule has 6 nitrogen and oxygen atoms in total. The van der Waals surface area contributed by atoms with E-state index >= 15 is 0 Å². The number of amides is 1. The van der Waals surface area contributed by atoms with Crippen LogP contribution < -0.4 is 5.32 Å². The van der Waals surface area contributed by atoms with E-state index in [0.29, 0.717) is 23.2 Å². The molecule has 0 aliphatic rings. The molecular formula is C15H20N4O2. The predicted molar refractivity (Wildman–Crippen MR) is 77.9 cm³/mol. The zero-order valence-corrected chi connectivity index (χ0v) is 13.0. The van der Waals surface area contributed by atoms with Gasteiger partial charge in [-0.1, -0.05) is 19.0 Å². The van der Waals surface area contributed by atoms with E-state index in [9.17, 15) is 4.79 Å². The molecular weight excluding hydrogens is 268 g/mol. The van der Waals surface area contributed by atoms with Crippen LogP contribution in [0.1, 0.15) is 61.4 Å². The van der Waals surface area contributed by atoms with Crippen LogP contribution in [0.25, 0.3) is 0 Å². The molecule has 0 radical (unpaired) electrons. The van der Waals surface area contributed by atoms with Crippen molar-refractivity contribution in [3.8, 4) is 0 Å². The molecule has 0 aliphatic carbocycles. The number of carbonyl (C=O) groups excluding carboxylic acids is 1. The highest BCUT2D eigenvalue weighted by Crippen LogP contribution is 2.19.